The lowest BCUT2D eigenvalue weighted by molar-refractivity contribution is 0.968. The van der Waals surface area contributed by atoms with Crippen molar-refractivity contribution in [2.45, 2.75) is 12.8 Å². The van der Waals surface area contributed by atoms with Crippen LogP contribution in [0.2, 0.25) is 0 Å². The first-order valence-corrected chi connectivity index (χ1v) is 15.0. The summed E-state index contributed by atoms with van der Waals surface area (Å²) in [5.41, 5.74) is 11.1. The third-order valence-electron chi connectivity index (χ3n) is 8.11. The molecule has 0 spiro atoms. The number of allylic oxidation sites excluding steroid dienone is 1. The number of hydrogen-bond acceptors (Lipinski definition) is 2. The molecule has 6 rings (SSSR count). The molecule has 0 bridgehead atoms. The molecule has 0 saturated heterocycles. The van der Waals surface area contributed by atoms with E-state index in [0.717, 1.165) is 62.9 Å². The minimum absolute atomic E-state index is 0.945. The third-order valence-corrected chi connectivity index (χ3v) is 8.11. The molecule has 0 aromatic heterocycles. The van der Waals surface area contributed by atoms with Crippen LogP contribution in [0, 0.1) is 0 Å². The summed E-state index contributed by atoms with van der Waals surface area (Å²) in [7, 11) is 0. The molecule has 1 aliphatic rings. The first-order valence-electron chi connectivity index (χ1n) is 15.0. The Bertz CT molecular complexity index is 1990. The lowest BCUT2D eigenvalue weighted by Crippen LogP contribution is -2.31. The Labute approximate surface area is 260 Å². The summed E-state index contributed by atoms with van der Waals surface area (Å²) in [5.74, 6) is 0. The minimum atomic E-state index is 0.945. The monoisotopic (exact) mass is 568 g/mol. The zero-order chi connectivity index (χ0) is 30.5. The molecular weight excluding hydrogens is 532 g/mol. The van der Waals surface area contributed by atoms with Gasteiger partial charge in [0, 0.05) is 39.2 Å². The Kier molecular flexibility index (Phi) is 8.25. The minimum Gasteiger partial charge on any atom is -0.310 e. The van der Waals surface area contributed by atoms with Gasteiger partial charge in [-0.05, 0) is 89.4 Å². The third kappa shape index (κ3) is 5.58. The van der Waals surface area contributed by atoms with E-state index in [1.54, 1.807) is 0 Å². The predicted molar refractivity (Wildman–Crippen MR) is 191 cm³/mol. The number of anilines is 4. The summed E-state index contributed by atoms with van der Waals surface area (Å²) in [6.45, 7) is 16.6. The quantitative estimate of drug-likeness (QED) is 0.175. The summed E-state index contributed by atoms with van der Waals surface area (Å²) in [4.78, 5) is 4.60. The van der Waals surface area contributed by atoms with Gasteiger partial charge in [0.1, 0.15) is 0 Å². The van der Waals surface area contributed by atoms with Gasteiger partial charge in [0.05, 0.1) is 5.70 Å². The van der Waals surface area contributed by atoms with Crippen molar-refractivity contribution in [3.05, 3.63) is 186 Å². The highest BCUT2D eigenvalue weighted by atomic mass is 15.2. The van der Waals surface area contributed by atoms with E-state index in [1.807, 2.05) is 36.4 Å². The first-order chi connectivity index (χ1) is 21.6. The maximum atomic E-state index is 4.32. The van der Waals surface area contributed by atoms with Gasteiger partial charge < -0.3 is 9.80 Å². The van der Waals surface area contributed by atoms with E-state index in [0.29, 0.717) is 0 Å². The number of hydrogen-bond donors (Lipinski definition) is 0. The Morgan fingerprint density at radius 1 is 0.614 bits per heavy atom. The molecule has 5 aromatic rings. The van der Waals surface area contributed by atoms with Crippen LogP contribution in [0.3, 0.4) is 0 Å². The Balaban J connectivity index is 1.52. The van der Waals surface area contributed by atoms with Gasteiger partial charge in [-0.3, -0.25) is 0 Å². The molecule has 2 nitrogen and oxygen atoms in total. The molecule has 0 unspecified atom stereocenters. The normalized spacial score (nSPS) is 12.8. The van der Waals surface area contributed by atoms with Crippen LogP contribution in [0.25, 0.3) is 30.1 Å². The van der Waals surface area contributed by atoms with E-state index in [1.165, 1.54) is 16.8 Å². The number of benzene rings is 5. The van der Waals surface area contributed by atoms with Gasteiger partial charge in [0.2, 0.25) is 0 Å². The van der Waals surface area contributed by atoms with Crippen LogP contribution in [-0.4, -0.2) is 0 Å². The second-order valence-electron chi connectivity index (χ2n) is 10.8. The first kappa shape index (κ1) is 28.5. The van der Waals surface area contributed by atoms with Crippen LogP contribution in [0.15, 0.2) is 153 Å². The van der Waals surface area contributed by atoms with Crippen LogP contribution >= 0.6 is 0 Å². The molecule has 2 heteroatoms. The van der Waals surface area contributed by atoms with Gasteiger partial charge >= 0.3 is 0 Å². The lowest BCUT2D eigenvalue weighted by Gasteiger charge is -2.32. The number of rotatable bonds is 9. The maximum absolute atomic E-state index is 4.32. The smallest absolute Gasteiger partial charge is 0.0533 e. The maximum Gasteiger partial charge on any atom is 0.0533 e. The van der Waals surface area contributed by atoms with Crippen molar-refractivity contribution in [2.75, 3.05) is 9.80 Å². The van der Waals surface area contributed by atoms with Crippen LogP contribution in [0.5, 0.6) is 0 Å². The fourth-order valence-electron chi connectivity index (χ4n) is 5.95. The Morgan fingerprint density at radius 3 is 1.95 bits per heavy atom. The zero-order valence-electron chi connectivity index (χ0n) is 25.0. The van der Waals surface area contributed by atoms with E-state index < -0.39 is 0 Å². The molecule has 0 amide bonds. The van der Waals surface area contributed by atoms with Gasteiger partial charge in [-0.2, -0.15) is 0 Å². The van der Waals surface area contributed by atoms with Gasteiger partial charge in [0.15, 0.2) is 0 Å². The molecule has 0 N–H and O–H groups in total. The van der Waals surface area contributed by atoms with E-state index in [4.69, 9.17) is 0 Å². The highest BCUT2D eigenvalue weighted by molar-refractivity contribution is 5.91. The summed E-state index contributed by atoms with van der Waals surface area (Å²) in [6, 6.07) is 42.6. The highest BCUT2D eigenvalue weighted by Gasteiger charge is 2.22. The Morgan fingerprint density at radius 2 is 1.25 bits per heavy atom. The average molecular weight is 569 g/mol. The van der Waals surface area contributed by atoms with Crippen LogP contribution in [0.4, 0.5) is 22.7 Å². The molecule has 5 aromatic carbocycles. The second-order valence-corrected chi connectivity index (χ2v) is 10.8. The highest BCUT2D eigenvalue weighted by Crippen LogP contribution is 2.40. The summed E-state index contributed by atoms with van der Waals surface area (Å²) >= 11 is 0. The van der Waals surface area contributed by atoms with E-state index in [2.05, 4.69) is 145 Å². The van der Waals surface area contributed by atoms with Crippen molar-refractivity contribution in [3.63, 3.8) is 0 Å². The van der Waals surface area contributed by atoms with Gasteiger partial charge in [0.25, 0.3) is 0 Å². The number of nitrogens with zero attached hydrogens (tertiary/aromatic N) is 2. The molecule has 0 radical (unpaired) electrons. The number of fused-ring (bicyclic) bond motifs is 1. The predicted octanol–water partition coefficient (Wildman–Crippen LogP) is 9.64. The van der Waals surface area contributed by atoms with Crippen molar-refractivity contribution >= 4 is 52.9 Å². The largest absolute Gasteiger partial charge is 0.310 e. The van der Waals surface area contributed by atoms with Crippen LogP contribution < -0.4 is 20.2 Å². The van der Waals surface area contributed by atoms with Crippen molar-refractivity contribution in [2.24, 2.45) is 0 Å². The van der Waals surface area contributed by atoms with Gasteiger partial charge in [-0.25, -0.2) is 0 Å². The molecule has 44 heavy (non-hydrogen) atoms. The molecule has 0 fully saturated rings. The van der Waals surface area contributed by atoms with E-state index >= 15 is 0 Å². The standard InChI is InChI=1S/C42H36N2/c1-5-32-16-12-20-37(29-32)43(41(7-3)39-22-10-8-15-31(39)4)35-25-27-36(28-26-35)44(38-21-13-17-33(6-2)30-38)42-24-14-19-34-18-9-11-23-40(34)42/h5-13,15-18,20-30H,1-4,14,19H2/b41-39+. The van der Waals surface area contributed by atoms with Crippen molar-refractivity contribution in [3.8, 4) is 0 Å². The lowest BCUT2D eigenvalue weighted by atomic mass is 9.93. The summed E-state index contributed by atoms with van der Waals surface area (Å²) in [6.07, 6.45) is 10.1. The fraction of sp³-hybridized carbons (Fsp3) is 0.0476. The van der Waals surface area contributed by atoms with Gasteiger partial charge in [-0.1, -0.05) is 117 Å². The van der Waals surface area contributed by atoms with Crippen molar-refractivity contribution in [1.82, 2.24) is 0 Å². The topological polar surface area (TPSA) is 6.48 Å². The van der Waals surface area contributed by atoms with Crippen LogP contribution in [-0.2, 0) is 6.42 Å². The zero-order valence-corrected chi connectivity index (χ0v) is 25.0. The van der Waals surface area contributed by atoms with Crippen molar-refractivity contribution < 1.29 is 0 Å². The molecule has 0 aliphatic heterocycles. The SMILES string of the molecule is C=C/C(=c1/ccccc1=C)N(c1ccc(N(C2=CCCc3ccccc32)c2cccc(C=C)c2)cc1)c1cccc(C=C)c1. The fourth-order valence-corrected chi connectivity index (χ4v) is 5.95. The summed E-state index contributed by atoms with van der Waals surface area (Å²) < 4.78 is 0. The molecule has 0 saturated carbocycles. The second kappa shape index (κ2) is 12.7. The molecule has 214 valence electrons. The average Bonchev–Trinajstić information content (AvgIpc) is 3.08. The molecule has 0 heterocycles. The number of aryl methyl sites for hydroxylation is 1. The summed E-state index contributed by atoms with van der Waals surface area (Å²) in [5, 5.41) is 1.97. The van der Waals surface area contributed by atoms with Crippen LogP contribution in [0.1, 0.15) is 28.7 Å². The van der Waals surface area contributed by atoms with E-state index in [9.17, 15) is 0 Å². The van der Waals surface area contributed by atoms with E-state index in [-0.39, 0.29) is 0 Å². The Hall–Kier alpha value is -5.60. The molecule has 1 aliphatic carbocycles. The van der Waals surface area contributed by atoms with Gasteiger partial charge in [-0.15, -0.1) is 0 Å². The molecular formula is C42H36N2. The molecule has 0 atom stereocenters. The van der Waals surface area contributed by atoms with Crippen molar-refractivity contribution in [1.29, 1.82) is 0 Å².